The monoisotopic (exact) mass is 433 g/mol. The second kappa shape index (κ2) is 13.2. The molecule has 0 saturated carbocycles. The van der Waals surface area contributed by atoms with E-state index in [9.17, 15) is 14.4 Å². The fourth-order valence-electron chi connectivity index (χ4n) is 2.63. The fraction of sp³-hybridized carbons (Fsp3) is 0.286. The first-order valence-electron chi connectivity index (χ1n) is 9.41. The third kappa shape index (κ3) is 8.10. The normalized spacial score (nSPS) is 9.80. The highest BCUT2D eigenvalue weighted by Gasteiger charge is 2.13. The Morgan fingerprint density at radius 3 is 2.30 bits per heavy atom. The summed E-state index contributed by atoms with van der Waals surface area (Å²) in [5, 5.41) is 8.11. The van der Waals surface area contributed by atoms with Crippen LogP contribution in [0.3, 0.4) is 0 Å². The molecule has 0 aliphatic heterocycles. The van der Waals surface area contributed by atoms with Crippen LogP contribution in [-0.4, -0.2) is 49.4 Å². The molecule has 0 fully saturated rings. The number of anilines is 1. The number of benzene rings is 2. The first-order chi connectivity index (χ1) is 14.0. The van der Waals surface area contributed by atoms with Crippen LogP contribution in [-0.2, 0) is 11.3 Å². The number of carbonyl (C=O) groups is 3. The predicted octanol–water partition coefficient (Wildman–Crippen LogP) is 1.97. The summed E-state index contributed by atoms with van der Waals surface area (Å²) in [5.74, 6) is -0.600. The molecule has 4 amide bonds. The number of hydrogen-bond acceptors (Lipinski definition) is 4. The Labute approximate surface area is 182 Å². The molecule has 5 N–H and O–H groups in total. The van der Waals surface area contributed by atoms with Gasteiger partial charge in [0.15, 0.2) is 0 Å². The number of hydrogen-bond donors (Lipinski definition) is 4. The van der Waals surface area contributed by atoms with Crippen molar-refractivity contribution in [3.05, 3.63) is 65.7 Å². The van der Waals surface area contributed by atoms with Crippen LogP contribution in [0.2, 0.25) is 0 Å². The number of nitrogens with two attached hydrogens (primary N) is 1. The van der Waals surface area contributed by atoms with Gasteiger partial charge in [0.05, 0.1) is 11.3 Å². The lowest BCUT2D eigenvalue weighted by atomic mass is 10.1. The highest BCUT2D eigenvalue weighted by atomic mass is 35.5. The van der Waals surface area contributed by atoms with Crippen molar-refractivity contribution >= 4 is 35.9 Å². The van der Waals surface area contributed by atoms with Crippen LogP contribution in [0, 0.1) is 0 Å². The maximum atomic E-state index is 12.2. The van der Waals surface area contributed by atoms with E-state index in [-0.39, 0.29) is 43.2 Å². The Balaban J connectivity index is 0.00000450. The van der Waals surface area contributed by atoms with E-state index in [2.05, 4.69) is 16.0 Å². The van der Waals surface area contributed by atoms with E-state index in [1.54, 1.807) is 36.2 Å². The molecule has 2 aromatic carbocycles. The quantitative estimate of drug-likeness (QED) is 0.483. The third-order valence-corrected chi connectivity index (χ3v) is 4.11. The van der Waals surface area contributed by atoms with Crippen molar-refractivity contribution in [3.63, 3.8) is 0 Å². The first-order valence-corrected chi connectivity index (χ1v) is 9.41. The topological polar surface area (TPSA) is 117 Å². The molecule has 2 aromatic rings. The summed E-state index contributed by atoms with van der Waals surface area (Å²) in [7, 11) is 1.69. The molecule has 0 unspecified atom stereocenters. The highest BCUT2D eigenvalue weighted by Crippen LogP contribution is 2.15. The van der Waals surface area contributed by atoms with Gasteiger partial charge < -0.3 is 26.6 Å². The van der Waals surface area contributed by atoms with Crippen molar-refractivity contribution in [2.24, 2.45) is 5.73 Å². The van der Waals surface area contributed by atoms with E-state index in [1.807, 2.05) is 30.3 Å². The smallest absolute Gasteiger partial charge is 0.317 e. The molecule has 30 heavy (non-hydrogen) atoms. The van der Waals surface area contributed by atoms with Gasteiger partial charge in [-0.25, -0.2) is 4.79 Å². The van der Waals surface area contributed by atoms with Crippen LogP contribution < -0.4 is 21.7 Å². The molecular formula is C21H28ClN5O3. The van der Waals surface area contributed by atoms with E-state index >= 15 is 0 Å². The van der Waals surface area contributed by atoms with Crippen LogP contribution in [0.4, 0.5) is 10.5 Å². The molecule has 0 bridgehead atoms. The van der Waals surface area contributed by atoms with Crippen molar-refractivity contribution in [1.82, 2.24) is 15.5 Å². The molecule has 0 saturated heterocycles. The molecule has 0 aromatic heterocycles. The lowest BCUT2D eigenvalue weighted by molar-refractivity contribution is -0.116. The summed E-state index contributed by atoms with van der Waals surface area (Å²) in [6.45, 7) is 1.35. The summed E-state index contributed by atoms with van der Waals surface area (Å²) in [6.07, 6.45) is 0.0870. The predicted molar refractivity (Wildman–Crippen MR) is 120 cm³/mol. The molecule has 0 atom stereocenters. The Morgan fingerprint density at radius 2 is 1.60 bits per heavy atom. The van der Waals surface area contributed by atoms with Gasteiger partial charge in [0.1, 0.15) is 0 Å². The highest BCUT2D eigenvalue weighted by molar-refractivity contribution is 6.03. The molecular weight excluding hydrogens is 406 g/mol. The Morgan fingerprint density at radius 1 is 0.933 bits per heavy atom. The number of amides is 4. The zero-order valence-electron chi connectivity index (χ0n) is 16.9. The number of halogens is 1. The maximum absolute atomic E-state index is 12.2. The van der Waals surface area contributed by atoms with Crippen molar-refractivity contribution < 1.29 is 14.4 Å². The SMILES string of the molecule is CN(Cc1ccccc1)C(=O)NCCC(=O)Nc1ccccc1C(=O)NCCN.Cl. The van der Waals surface area contributed by atoms with E-state index in [1.165, 1.54) is 0 Å². The molecule has 0 aliphatic rings. The van der Waals surface area contributed by atoms with Gasteiger partial charge in [-0.3, -0.25) is 9.59 Å². The van der Waals surface area contributed by atoms with Gasteiger partial charge in [-0.15, -0.1) is 12.4 Å². The zero-order valence-corrected chi connectivity index (χ0v) is 17.7. The van der Waals surface area contributed by atoms with Crippen LogP contribution in [0.5, 0.6) is 0 Å². The molecule has 0 radical (unpaired) electrons. The number of urea groups is 1. The number of rotatable bonds is 9. The second-order valence-corrected chi connectivity index (χ2v) is 6.46. The summed E-state index contributed by atoms with van der Waals surface area (Å²) < 4.78 is 0. The number of nitrogens with zero attached hydrogens (tertiary/aromatic N) is 1. The van der Waals surface area contributed by atoms with E-state index in [0.717, 1.165) is 5.56 Å². The Bertz CT molecular complexity index is 832. The molecule has 2 rings (SSSR count). The summed E-state index contributed by atoms with van der Waals surface area (Å²) in [4.78, 5) is 38.1. The van der Waals surface area contributed by atoms with Crippen molar-refractivity contribution in [2.75, 3.05) is 32.0 Å². The van der Waals surface area contributed by atoms with Crippen LogP contribution in [0.1, 0.15) is 22.3 Å². The van der Waals surface area contributed by atoms with Gasteiger partial charge in [0.2, 0.25) is 5.91 Å². The van der Waals surface area contributed by atoms with E-state index in [0.29, 0.717) is 30.9 Å². The molecule has 162 valence electrons. The molecule has 0 aliphatic carbocycles. The Hall–Kier alpha value is -3.10. The van der Waals surface area contributed by atoms with Gasteiger partial charge >= 0.3 is 6.03 Å². The van der Waals surface area contributed by atoms with Gasteiger partial charge in [0.25, 0.3) is 5.91 Å². The summed E-state index contributed by atoms with van der Waals surface area (Å²) in [6, 6.07) is 16.1. The average Bonchev–Trinajstić information content (AvgIpc) is 2.73. The van der Waals surface area contributed by atoms with Gasteiger partial charge in [-0.1, -0.05) is 42.5 Å². The molecule has 0 heterocycles. The summed E-state index contributed by atoms with van der Waals surface area (Å²) >= 11 is 0. The van der Waals surface area contributed by atoms with E-state index < -0.39 is 0 Å². The van der Waals surface area contributed by atoms with Gasteiger partial charge in [0, 0.05) is 39.6 Å². The lowest BCUT2D eigenvalue weighted by Crippen LogP contribution is -2.38. The first kappa shape index (κ1) is 24.9. The third-order valence-electron chi connectivity index (χ3n) is 4.11. The maximum Gasteiger partial charge on any atom is 0.317 e. The molecule has 9 heteroatoms. The lowest BCUT2D eigenvalue weighted by Gasteiger charge is -2.18. The number of carbonyl (C=O) groups excluding carboxylic acids is 3. The fourth-order valence-corrected chi connectivity index (χ4v) is 2.63. The van der Waals surface area contributed by atoms with Crippen LogP contribution >= 0.6 is 12.4 Å². The number of nitrogens with one attached hydrogen (secondary N) is 3. The molecule has 0 spiro atoms. The minimum absolute atomic E-state index is 0. The van der Waals surface area contributed by atoms with Crippen molar-refractivity contribution in [1.29, 1.82) is 0 Å². The standard InChI is InChI=1S/C21H27N5O3.ClH/c1-26(15-16-7-3-2-4-8-16)21(29)24-13-11-19(27)25-18-10-6-5-9-17(18)20(28)23-14-12-22;/h2-10H,11-15,22H2,1H3,(H,23,28)(H,24,29)(H,25,27);1H. The minimum Gasteiger partial charge on any atom is -0.351 e. The second-order valence-electron chi connectivity index (χ2n) is 6.46. The average molecular weight is 434 g/mol. The zero-order chi connectivity index (χ0) is 21.1. The van der Waals surface area contributed by atoms with Crippen molar-refractivity contribution in [3.8, 4) is 0 Å². The molecule has 8 nitrogen and oxygen atoms in total. The van der Waals surface area contributed by atoms with Crippen LogP contribution in [0.25, 0.3) is 0 Å². The van der Waals surface area contributed by atoms with Gasteiger partial charge in [-0.05, 0) is 17.7 Å². The largest absolute Gasteiger partial charge is 0.351 e. The Kier molecular flexibility index (Phi) is 11.0. The van der Waals surface area contributed by atoms with Crippen molar-refractivity contribution in [2.45, 2.75) is 13.0 Å². The minimum atomic E-state index is -0.304. The summed E-state index contributed by atoms with van der Waals surface area (Å²) in [5.41, 5.74) is 7.19. The van der Waals surface area contributed by atoms with Crippen LogP contribution in [0.15, 0.2) is 54.6 Å². The van der Waals surface area contributed by atoms with Gasteiger partial charge in [-0.2, -0.15) is 0 Å². The number of para-hydroxylation sites is 1. The van der Waals surface area contributed by atoms with E-state index in [4.69, 9.17) is 5.73 Å².